The van der Waals surface area contributed by atoms with E-state index in [1.54, 1.807) is 5.38 Å². The van der Waals surface area contributed by atoms with Gasteiger partial charge in [0.05, 0.1) is 6.42 Å². The van der Waals surface area contributed by atoms with E-state index in [2.05, 4.69) is 0 Å². The molecule has 0 aliphatic rings. The van der Waals surface area contributed by atoms with Crippen molar-refractivity contribution >= 4 is 22.9 Å². The largest absolute Gasteiger partial charge is 0.300 e. The van der Waals surface area contributed by atoms with Crippen LogP contribution in [-0.2, 0) is 4.79 Å². The van der Waals surface area contributed by atoms with Crippen LogP contribution in [-0.4, -0.2) is 11.6 Å². The third-order valence-corrected chi connectivity index (χ3v) is 2.32. The van der Waals surface area contributed by atoms with Gasteiger partial charge in [-0.25, -0.2) is 0 Å². The maximum atomic E-state index is 11.3. The summed E-state index contributed by atoms with van der Waals surface area (Å²) in [7, 11) is 0. The van der Waals surface area contributed by atoms with Gasteiger partial charge in [0.15, 0.2) is 5.78 Å². The quantitative estimate of drug-likeness (QED) is 0.530. The highest BCUT2D eigenvalue weighted by molar-refractivity contribution is 7.10. The summed E-state index contributed by atoms with van der Waals surface area (Å²) in [5.74, 6) is -0.157. The number of carbonyl (C=O) groups excluding carboxylic acids is 2. The Bertz CT molecular complexity index is 312. The lowest BCUT2D eigenvalue weighted by atomic mass is 10.1. The first-order valence-electron chi connectivity index (χ1n) is 3.67. The fraction of sp³-hybridized carbons (Fsp3) is 0.333. The second kappa shape index (κ2) is 3.63. The molecule has 0 amide bonds. The molecule has 0 saturated heterocycles. The van der Waals surface area contributed by atoms with Crippen molar-refractivity contribution in [3.63, 3.8) is 0 Å². The van der Waals surface area contributed by atoms with Crippen LogP contribution in [0.3, 0.4) is 0 Å². The number of carbonyl (C=O) groups is 2. The number of Topliss-reactive ketones (excluding diaryl/α,β-unsaturated/α-hetero) is 2. The first-order valence-corrected chi connectivity index (χ1v) is 4.55. The SMILES string of the molecule is CC(=O)CC(=O)c1csc(C)c1. The molecule has 2 nitrogen and oxygen atoms in total. The fourth-order valence-electron chi connectivity index (χ4n) is 0.918. The zero-order valence-corrected chi connectivity index (χ0v) is 7.90. The van der Waals surface area contributed by atoms with Crippen molar-refractivity contribution in [2.45, 2.75) is 20.3 Å². The Balaban J connectivity index is 2.72. The van der Waals surface area contributed by atoms with E-state index in [1.807, 2.05) is 13.0 Å². The number of ketones is 2. The molecule has 0 radical (unpaired) electrons. The monoisotopic (exact) mass is 182 g/mol. The Morgan fingerprint density at radius 3 is 2.58 bits per heavy atom. The van der Waals surface area contributed by atoms with E-state index in [9.17, 15) is 9.59 Å². The molecule has 0 atom stereocenters. The highest BCUT2D eigenvalue weighted by Crippen LogP contribution is 2.14. The summed E-state index contributed by atoms with van der Waals surface area (Å²) in [4.78, 5) is 23.0. The third kappa shape index (κ3) is 2.27. The molecule has 3 heteroatoms. The lowest BCUT2D eigenvalue weighted by Gasteiger charge is -1.91. The Morgan fingerprint density at radius 2 is 2.17 bits per heavy atom. The van der Waals surface area contributed by atoms with E-state index in [4.69, 9.17) is 0 Å². The number of thiophene rings is 1. The van der Waals surface area contributed by atoms with Crippen LogP contribution >= 0.6 is 11.3 Å². The molecule has 0 saturated carbocycles. The van der Waals surface area contributed by atoms with E-state index >= 15 is 0 Å². The minimum atomic E-state index is -0.0798. The summed E-state index contributed by atoms with van der Waals surface area (Å²) < 4.78 is 0. The van der Waals surface area contributed by atoms with Gasteiger partial charge in [0.2, 0.25) is 0 Å². The lowest BCUT2D eigenvalue weighted by Crippen LogP contribution is -2.03. The van der Waals surface area contributed by atoms with Crippen molar-refractivity contribution in [1.29, 1.82) is 0 Å². The van der Waals surface area contributed by atoms with Gasteiger partial charge in [-0.2, -0.15) is 0 Å². The van der Waals surface area contributed by atoms with Gasteiger partial charge in [-0.1, -0.05) is 0 Å². The van der Waals surface area contributed by atoms with Crippen molar-refractivity contribution in [2.24, 2.45) is 0 Å². The highest BCUT2D eigenvalue weighted by Gasteiger charge is 2.09. The molecule has 1 aromatic heterocycles. The average Bonchev–Trinajstić information content (AvgIpc) is 2.34. The minimum absolute atomic E-state index is 0.0240. The molecular weight excluding hydrogens is 172 g/mol. The van der Waals surface area contributed by atoms with Crippen molar-refractivity contribution < 1.29 is 9.59 Å². The summed E-state index contributed by atoms with van der Waals surface area (Å²) in [6.45, 7) is 3.37. The van der Waals surface area contributed by atoms with Crippen molar-refractivity contribution in [3.8, 4) is 0 Å². The van der Waals surface area contributed by atoms with E-state index in [1.165, 1.54) is 18.3 Å². The molecule has 1 aromatic rings. The molecule has 0 fully saturated rings. The van der Waals surface area contributed by atoms with Crippen molar-refractivity contribution in [2.75, 3.05) is 0 Å². The van der Waals surface area contributed by atoms with Crippen LogP contribution in [0.25, 0.3) is 0 Å². The van der Waals surface area contributed by atoms with Gasteiger partial charge in [-0.15, -0.1) is 11.3 Å². The Kier molecular flexibility index (Phi) is 2.76. The number of rotatable bonds is 3. The normalized spacial score (nSPS) is 9.83. The van der Waals surface area contributed by atoms with Crippen molar-refractivity contribution in [3.05, 3.63) is 21.9 Å². The smallest absolute Gasteiger partial charge is 0.171 e. The molecule has 0 aliphatic heterocycles. The molecule has 64 valence electrons. The fourth-order valence-corrected chi connectivity index (χ4v) is 1.63. The molecule has 0 unspecified atom stereocenters. The Morgan fingerprint density at radius 1 is 1.50 bits per heavy atom. The molecule has 0 aromatic carbocycles. The first kappa shape index (κ1) is 9.13. The zero-order chi connectivity index (χ0) is 9.14. The van der Waals surface area contributed by atoms with Crippen LogP contribution in [0.4, 0.5) is 0 Å². The third-order valence-electron chi connectivity index (χ3n) is 1.46. The molecule has 0 N–H and O–H groups in total. The topological polar surface area (TPSA) is 34.1 Å². The highest BCUT2D eigenvalue weighted by atomic mass is 32.1. The summed E-state index contributed by atoms with van der Waals surface area (Å²) in [6.07, 6.45) is 0.0240. The maximum Gasteiger partial charge on any atom is 0.171 e. The summed E-state index contributed by atoms with van der Waals surface area (Å²) in [6, 6.07) is 1.82. The van der Waals surface area contributed by atoms with Crippen LogP contribution in [0, 0.1) is 6.92 Å². The number of hydrogen-bond donors (Lipinski definition) is 0. The average molecular weight is 182 g/mol. The van der Waals surface area contributed by atoms with E-state index in [0.717, 1.165) is 4.88 Å². The first-order chi connectivity index (χ1) is 5.59. The Hall–Kier alpha value is -0.960. The molecule has 12 heavy (non-hydrogen) atoms. The molecule has 1 rings (SSSR count). The van der Waals surface area contributed by atoms with Gasteiger partial charge in [0.25, 0.3) is 0 Å². The Labute approximate surface area is 75.2 Å². The second-order valence-electron chi connectivity index (χ2n) is 2.75. The summed E-state index contributed by atoms with van der Waals surface area (Å²) in [5, 5.41) is 1.79. The molecule has 1 heterocycles. The zero-order valence-electron chi connectivity index (χ0n) is 7.09. The molecule has 0 aliphatic carbocycles. The molecule has 0 spiro atoms. The summed E-state index contributed by atoms with van der Waals surface area (Å²) >= 11 is 1.53. The van der Waals surface area contributed by atoms with Crippen molar-refractivity contribution in [1.82, 2.24) is 0 Å². The van der Waals surface area contributed by atoms with Crippen LogP contribution in [0.2, 0.25) is 0 Å². The van der Waals surface area contributed by atoms with Gasteiger partial charge in [0.1, 0.15) is 5.78 Å². The van der Waals surface area contributed by atoms with Gasteiger partial charge in [-0.05, 0) is 19.9 Å². The van der Waals surface area contributed by atoms with E-state index < -0.39 is 0 Å². The van der Waals surface area contributed by atoms with Crippen LogP contribution < -0.4 is 0 Å². The van der Waals surface area contributed by atoms with Crippen LogP contribution in [0.5, 0.6) is 0 Å². The maximum absolute atomic E-state index is 11.3. The minimum Gasteiger partial charge on any atom is -0.300 e. The second-order valence-corrected chi connectivity index (χ2v) is 3.86. The number of hydrogen-bond acceptors (Lipinski definition) is 3. The van der Waals surface area contributed by atoms with Gasteiger partial charge in [0, 0.05) is 15.8 Å². The molecule has 0 bridgehead atoms. The molecular formula is C9H10O2S. The van der Waals surface area contributed by atoms with Gasteiger partial charge >= 0.3 is 0 Å². The van der Waals surface area contributed by atoms with E-state index in [0.29, 0.717) is 5.56 Å². The summed E-state index contributed by atoms with van der Waals surface area (Å²) in [5.41, 5.74) is 0.660. The predicted molar refractivity (Wildman–Crippen MR) is 48.7 cm³/mol. The standard InChI is InChI=1S/C9H10O2S/c1-6(10)3-9(11)8-4-7(2)12-5-8/h4-5H,3H2,1-2H3. The van der Waals surface area contributed by atoms with Gasteiger partial charge < -0.3 is 0 Å². The van der Waals surface area contributed by atoms with Crippen LogP contribution in [0.15, 0.2) is 11.4 Å². The van der Waals surface area contributed by atoms with E-state index in [-0.39, 0.29) is 18.0 Å². The van der Waals surface area contributed by atoms with Gasteiger partial charge in [-0.3, -0.25) is 9.59 Å². The number of aryl methyl sites for hydroxylation is 1. The van der Waals surface area contributed by atoms with Crippen LogP contribution in [0.1, 0.15) is 28.6 Å². The lowest BCUT2D eigenvalue weighted by molar-refractivity contribution is -0.116. The predicted octanol–water partition coefficient (Wildman–Crippen LogP) is 2.22.